The number of carbonyl (C=O) groups is 2. The lowest BCUT2D eigenvalue weighted by atomic mass is 10.1. The van der Waals surface area contributed by atoms with Crippen LogP contribution in [0.15, 0.2) is 47.4 Å². The average molecular weight is 562 g/mol. The molecule has 1 fully saturated rings. The molecule has 0 aromatic heterocycles. The second-order valence-corrected chi connectivity index (χ2v) is 12.4. The largest absolute Gasteiger partial charge is 0.491 e. The molecule has 0 unspecified atom stereocenters. The van der Waals surface area contributed by atoms with E-state index < -0.39 is 15.8 Å². The van der Waals surface area contributed by atoms with Gasteiger partial charge in [0.25, 0.3) is 0 Å². The van der Waals surface area contributed by atoms with E-state index in [0.717, 1.165) is 25.7 Å². The lowest BCUT2D eigenvalue weighted by Gasteiger charge is -2.22. The molecule has 1 aliphatic heterocycles. The number of likely N-dealkylation sites (N-methyl/N-ethyl adjacent to an activating group) is 2. The van der Waals surface area contributed by atoms with Crippen LogP contribution < -0.4 is 4.74 Å². The highest BCUT2D eigenvalue weighted by Gasteiger charge is 2.29. The minimum absolute atomic E-state index is 0.0307. The lowest BCUT2D eigenvalue weighted by Crippen LogP contribution is -2.33. The van der Waals surface area contributed by atoms with Gasteiger partial charge in [0.15, 0.2) is 11.6 Å². The van der Waals surface area contributed by atoms with E-state index in [-0.39, 0.29) is 48.1 Å². The van der Waals surface area contributed by atoms with Gasteiger partial charge in [-0.25, -0.2) is 12.8 Å². The second kappa shape index (κ2) is 14.6. The minimum atomic E-state index is -3.80. The van der Waals surface area contributed by atoms with Crippen LogP contribution in [0.2, 0.25) is 0 Å². The molecule has 1 heterocycles. The van der Waals surface area contributed by atoms with Gasteiger partial charge in [0, 0.05) is 32.5 Å². The van der Waals surface area contributed by atoms with Gasteiger partial charge in [-0.2, -0.15) is 4.31 Å². The molecular formula is C29H40FN3O5S. The number of sulfonamides is 1. The van der Waals surface area contributed by atoms with E-state index in [1.165, 1.54) is 16.4 Å². The number of rotatable bonds is 14. The van der Waals surface area contributed by atoms with Crippen LogP contribution in [0.3, 0.4) is 0 Å². The molecule has 0 aliphatic carbocycles. The van der Waals surface area contributed by atoms with Gasteiger partial charge >= 0.3 is 0 Å². The van der Waals surface area contributed by atoms with Crippen molar-refractivity contribution in [3.8, 4) is 5.75 Å². The maximum Gasteiger partial charge on any atom is 0.246 e. The van der Waals surface area contributed by atoms with E-state index in [1.807, 2.05) is 19.0 Å². The normalized spacial score (nSPS) is 14.9. The first kappa shape index (κ1) is 30.9. The maximum atomic E-state index is 13.6. The summed E-state index contributed by atoms with van der Waals surface area (Å²) < 4.78 is 48.1. The van der Waals surface area contributed by atoms with Crippen LogP contribution in [0.4, 0.5) is 4.39 Å². The molecule has 0 atom stereocenters. The van der Waals surface area contributed by atoms with E-state index in [2.05, 4.69) is 0 Å². The van der Waals surface area contributed by atoms with E-state index >= 15 is 0 Å². The summed E-state index contributed by atoms with van der Waals surface area (Å²) in [6, 6.07) is 10.8. The third-order valence-electron chi connectivity index (χ3n) is 6.57. The standard InChI is InChI=1S/C29H40FN3O5S/c1-31(2)15-16-38-28-12-11-24(20-29(28)39(36,37)33-13-6-4-5-7-14-33)19-27(35)22-32(3)21-26(34)18-23-9-8-10-25(30)17-23/h8-12,17,20H,4-7,13-16,18-19,21-22H2,1-3H3. The van der Waals surface area contributed by atoms with E-state index in [4.69, 9.17) is 4.74 Å². The molecule has 8 nitrogen and oxygen atoms in total. The van der Waals surface area contributed by atoms with Gasteiger partial charge in [-0.3, -0.25) is 14.5 Å². The molecule has 39 heavy (non-hydrogen) atoms. The van der Waals surface area contributed by atoms with Gasteiger partial charge in [-0.15, -0.1) is 0 Å². The summed E-state index contributed by atoms with van der Waals surface area (Å²) in [4.78, 5) is 28.9. The smallest absolute Gasteiger partial charge is 0.246 e. The molecule has 2 aromatic carbocycles. The Bertz CT molecular complexity index is 1230. The monoisotopic (exact) mass is 561 g/mol. The number of hydrogen-bond donors (Lipinski definition) is 0. The van der Waals surface area contributed by atoms with Crippen LogP contribution in [-0.4, -0.2) is 94.6 Å². The number of benzene rings is 2. The number of carbonyl (C=O) groups excluding carboxylic acids is 2. The van der Waals surface area contributed by atoms with Crippen LogP contribution in [0.5, 0.6) is 5.75 Å². The Morgan fingerprint density at radius 3 is 2.10 bits per heavy atom. The van der Waals surface area contributed by atoms with Crippen molar-refractivity contribution >= 4 is 21.6 Å². The number of ketones is 2. The Kier molecular flexibility index (Phi) is 11.6. The molecule has 0 amide bonds. The maximum absolute atomic E-state index is 13.6. The van der Waals surface area contributed by atoms with Crippen LogP contribution in [0.25, 0.3) is 0 Å². The molecule has 214 valence electrons. The first-order valence-electron chi connectivity index (χ1n) is 13.4. The molecule has 0 radical (unpaired) electrons. The van der Waals surface area contributed by atoms with E-state index in [9.17, 15) is 22.4 Å². The predicted molar refractivity (Wildman–Crippen MR) is 149 cm³/mol. The number of Topliss-reactive ketones (excluding diaryl/α,β-unsaturated/α-hetero) is 2. The molecule has 0 saturated carbocycles. The van der Waals surface area contributed by atoms with Crippen LogP contribution in [0.1, 0.15) is 36.8 Å². The van der Waals surface area contributed by atoms with Gasteiger partial charge in [-0.05, 0) is 69.4 Å². The second-order valence-electron chi connectivity index (χ2n) is 10.5. The van der Waals surface area contributed by atoms with Crippen molar-refractivity contribution in [3.63, 3.8) is 0 Å². The first-order chi connectivity index (χ1) is 18.5. The molecule has 1 saturated heterocycles. The van der Waals surface area contributed by atoms with Crippen LogP contribution >= 0.6 is 0 Å². The summed E-state index contributed by atoms with van der Waals surface area (Å²) in [6.07, 6.45) is 3.76. The van der Waals surface area contributed by atoms with Gasteiger partial charge in [-0.1, -0.05) is 31.0 Å². The summed E-state index contributed by atoms with van der Waals surface area (Å²) in [5.74, 6) is -0.371. The molecular weight excluding hydrogens is 521 g/mol. The van der Waals surface area contributed by atoms with Crippen LogP contribution in [0, 0.1) is 5.82 Å². The predicted octanol–water partition coefficient (Wildman–Crippen LogP) is 3.19. The third-order valence-corrected chi connectivity index (χ3v) is 8.49. The Labute approximate surface area is 231 Å². The quantitative estimate of drug-likeness (QED) is 0.350. The summed E-state index contributed by atoms with van der Waals surface area (Å²) in [5.41, 5.74) is 1.17. The zero-order valence-corrected chi connectivity index (χ0v) is 24.0. The first-order valence-corrected chi connectivity index (χ1v) is 14.9. The zero-order chi connectivity index (χ0) is 28.4. The zero-order valence-electron chi connectivity index (χ0n) is 23.2. The highest BCUT2D eigenvalue weighted by molar-refractivity contribution is 7.89. The van der Waals surface area contributed by atoms with Crippen molar-refractivity contribution in [1.82, 2.24) is 14.1 Å². The van der Waals surface area contributed by atoms with Crippen molar-refractivity contribution in [2.75, 3.05) is 60.5 Å². The van der Waals surface area contributed by atoms with E-state index in [0.29, 0.717) is 37.4 Å². The fourth-order valence-corrected chi connectivity index (χ4v) is 6.31. The molecule has 2 aromatic rings. The topological polar surface area (TPSA) is 87.2 Å². The van der Waals surface area contributed by atoms with Crippen molar-refractivity contribution in [2.45, 2.75) is 43.4 Å². The lowest BCUT2D eigenvalue weighted by molar-refractivity contribution is -0.121. The molecule has 1 aliphatic rings. The van der Waals surface area contributed by atoms with Crippen molar-refractivity contribution in [2.24, 2.45) is 0 Å². The van der Waals surface area contributed by atoms with Gasteiger partial charge in [0.05, 0.1) is 13.1 Å². The van der Waals surface area contributed by atoms with E-state index in [1.54, 1.807) is 42.3 Å². The summed E-state index contributed by atoms with van der Waals surface area (Å²) in [5, 5.41) is 0. The van der Waals surface area contributed by atoms with Crippen molar-refractivity contribution in [1.29, 1.82) is 0 Å². The number of hydrogen-bond acceptors (Lipinski definition) is 7. The minimum Gasteiger partial charge on any atom is -0.491 e. The fourth-order valence-electron chi connectivity index (χ4n) is 4.61. The molecule has 3 rings (SSSR count). The number of nitrogens with zero attached hydrogens (tertiary/aromatic N) is 3. The highest BCUT2D eigenvalue weighted by Crippen LogP contribution is 2.30. The molecule has 10 heteroatoms. The SMILES string of the molecule is CN(C)CCOc1ccc(CC(=O)CN(C)CC(=O)Cc2cccc(F)c2)cc1S(=O)(=O)N1CCCCCC1. The van der Waals surface area contributed by atoms with Gasteiger partial charge in [0.1, 0.15) is 23.1 Å². The summed E-state index contributed by atoms with van der Waals surface area (Å²) in [6.45, 7) is 1.99. The third kappa shape index (κ3) is 9.79. The Morgan fingerprint density at radius 2 is 1.51 bits per heavy atom. The highest BCUT2D eigenvalue weighted by atomic mass is 32.2. The molecule has 0 N–H and O–H groups in total. The Balaban J connectivity index is 1.68. The summed E-state index contributed by atoms with van der Waals surface area (Å²) in [7, 11) is 1.72. The van der Waals surface area contributed by atoms with Crippen LogP contribution in [-0.2, 0) is 32.5 Å². The Hall–Kier alpha value is -2.66. The van der Waals surface area contributed by atoms with Gasteiger partial charge < -0.3 is 9.64 Å². The van der Waals surface area contributed by atoms with Crippen molar-refractivity contribution < 1.29 is 27.1 Å². The molecule has 0 spiro atoms. The summed E-state index contributed by atoms with van der Waals surface area (Å²) >= 11 is 0. The molecule has 0 bridgehead atoms. The fraction of sp³-hybridized carbons (Fsp3) is 0.517. The number of ether oxygens (including phenoxy) is 1. The van der Waals surface area contributed by atoms with Crippen molar-refractivity contribution in [3.05, 3.63) is 59.4 Å². The Morgan fingerprint density at radius 1 is 0.897 bits per heavy atom. The number of halogens is 1. The van der Waals surface area contributed by atoms with Gasteiger partial charge in [0.2, 0.25) is 10.0 Å². The average Bonchev–Trinajstić information content (AvgIpc) is 3.14.